The molecule has 166 valence electrons. The Balaban J connectivity index is 1.52. The summed E-state index contributed by atoms with van der Waals surface area (Å²) in [6, 6.07) is 20.5. The molecule has 0 radical (unpaired) electrons. The second kappa shape index (κ2) is 9.02. The zero-order valence-electron chi connectivity index (χ0n) is 17.8. The van der Waals surface area contributed by atoms with Crippen molar-refractivity contribution < 1.29 is 9.15 Å². The third kappa shape index (κ3) is 4.40. The van der Waals surface area contributed by atoms with E-state index in [9.17, 15) is 4.79 Å². The van der Waals surface area contributed by atoms with Crippen LogP contribution in [0.3, 0.4) is 0 Å². The summed E-state index contributed by atoms with van der Waals surface area (Å²) in [4.78, 5) is 16.7. The van der Waals surface area contributed by atoms with Crippen molar-refractivity contribution in [2.45, 2.75) is 26.2 Å². The molecular weight excluding hydrogens is 459 g/mol. The number of benzene rings is 3. The van der Waals surface area contributed by atoms with Crippen molar-refractivity contribution in [2.24, 2.45) is 0 Å². The number of hydrogen-bond donors (Lipinski definition) is 0. The van der Waals surface area contributed by atoms with E-state index in [0.29, 0.717) is 22.2 Å². The predicted octanol–water partition coefficient (Wildman–Crippen LogP) is 6.72. The molecule has 1 atom stereocenters. The Morgan fingerprint density at radius 1 is 1.06 bits per heavy atom. The zero-order chi connectivity index (χ0) is 22.9. The first-order valence-corrected chi connectivity index (χ1v) is 11.2. The van der Waals surface area contributed by atoms with Gasteiger partial charge in [-0.2, -0.15) is 0 Å². The Labute approximate surface area is 200 Å². The molecule has 0 amide bonds. The van der Waals surface area contributed by atoms with Gasteiger partial charge in [0.15, 0.2) is 0 Å². The van der Waals surface area contributed by atoms with Crippen LogP contribution in [0.25, 0.3) is 22.0 Å². The first kappa shape index (κ1) is 21.7. The van der Waals surface area contributed by atoms with Gasteiger partial charge in [-0.1, -0.05) is 59.6 Å². The Hall–Kier alpha value is -3.12. The van der Waals surface area contributed by atoms with E-state index in [1.54, 1.807) is 18.5 Å². The van der Waals surface area contributed by atoms with Crippen molar-refractivity contribution >= 4 is 45.2 Å². The van der Waals surface area contributed by atoms with Crippen LogP contribution in [0.15, 0.2) is 82.3 Å². The highest BCUT2D eigenvalue weighted by Crippen LogP contribution is 2.32. The smallest absolute Gasteiger partial charge is 0.336 e. The van der Waals surface area contributed by atoms with Crippen molar-refractivity contribution in [3.8, 4) is 0 Å². The van der Waals surface area contributed by atoms with Crippen molar-refractivity contribution in [2.75, 3.05) is 0 Å². The first-order valence-electron chi connectivity index (χ1n) is 10.5. The molecule has 0 aliphatic rings. The molecule has 0 saturated carbocycles. The Morgan fingerprint density at radius 2 is 1.91 bits per heavy atom. The Morgan fingerprint density at radius 3 is 2.76 bits per heavy atom. The second-order valence-electron chi connectivity index (χ2n) is 7.89. The number of rotatable bonds is 6. The van der Waals surface area contributed by atoms with E-state index in [0.717, 1.165) is 33.1 Å². The number of nitrogens with zero attached hydrogens (tertiary/aromatic N) is 2. The van der Waals surface area contributed by atoms with Gasteiger partial charge in [-0.15, -0.1) is 0 Å². The standard InChI is InChI=1S/C26H20Cl2N2O3/c1-16-5-4-6-19-17(11-25(31)33-26(16)19)14-32-24(20-10-9-18(27)12-21(20)28)13-30-15-29-22-7-2-3-8-23(22)30/h2-12,15,24H,13-14H2,1H3. The van der Waals surface area contributed by atoms with Gasteiger partial charge in [0.05, 0.1) is 30.5 Å². The highest BCUT2D eigenvalue weighted by atomic mass is 35.5. The van der Waals surface area contributed by atoms with Crippen LogP contribution >= 0.6 is 23.2 Å². The lowest BCUT2D eigenvalue weighted by molar-refractivity contribution is 0.0292. The van der Waals surface area contributed by atoms with Gasteiger partial charge >= 0.3 is 5.63 Å². The molecule has 1 unspecified atom stereocenters. The van der Waals surface area contributed by atoms with E-state index in [-0.39, 0.29) is 6.61 Å². The van der Waals surface area contributed by atoms with Gasteiger partial charge in [-0.05, 0) is 42.3 Å². The van der Waals surface area contributed by atoms with Gasteiger partial charge < -0.3 is 13.7 Å². The van der Waals surface area contributed by atoms with Crippen LogP contribution in [0.5, 0.6) is 0 Å². The van der Waals surface area contributed by atoms with E-state index >= 15 is 0 Å². The van der Waals surface area contributed by atoms with Crippen LogP contribution in [0, 0.1) is 6.92 Å². The topological polar surface area (TPSA) is 57.3 Å². The third-order valence-electron chi connectivity index (χ3n) is 5.69. The van der Waals surface area contributed by atoms with Gasteiger partial charge in [0.25, 0.3) is 0 Å². The second-order valence-corrected chi connectivity index (χ2v) is 8.74. The molecule has 0 spiro atoms. The number of aryl methyl sites for hydroxylation is 1. The molecule has 3 aromatic carbocycles. The van der Waals surface area contributed by atoms with Gasteiger partial charge in [-0.25, -0.2) is 9.78 Å². The van der Waals surface area contributed by atoms with Crippen LogP contribution < -0.4 is 5.63 Å². The van der Waals surface area contributed by atoms with Gasteiger partial charge in [0, 0.05) is 27.1 Å². The molecule has 2 aromatic heterocycles. The molecule has 5 rings (SSSR count). The zero-order valence-corrected chi connectivity index (χ0v) is 19.3. The Bertz CT molecular complexity index is 1520. The maximum atomic E-state index is 12.2. The van der Waals surface area contributed by atoms with E-state index in [4.69, 9.17) is 32.4 Å². The molecular formula is C26H20Cl2N2O3. The predicted molar refractivity (Wildman–Crippen MR) is 131 cm³/mol. The average Bonchev–Trinajstić information content (AvgIpc) is 3.20. The SMILES string of the molecule is Cc1cccc2c(COC(Cn3cnc4ccccc43)c3ccc(Cl)cc3Cl)cc(=O)oc12. The van der Waals surface area contributed by atoms with Crippen molar-refractivity contribution in [3.05, 3.63) is 110 Å². The number of para-hydroxylation sites is 3. The number of aromatic nitrogens is 2. The summed E-state index contributed by atoms with van der Waals surface area (Å²) < 4.78 is 13.9. The lowest BCUT2D eigenvalue weighted by Gasteiger charge is -2.21. The minimum absolute atomic E-state index is 0.210. The fourth-order valence-electron chi connectivity index (χ4n) is 4.04. The van der Waals surface area contributed by atoms with Crippen LogP contribution in [-0.4, -0.2) is 9.55 Å². The van der Waals surface area contributed by atoms with E-state index in [1.807, 2.05) is 60.0 Å². The maximum Gasteiger partial charge on any atom is 0.336 e. The average molecular weight is 479 g/mol. The van der Waals surface area contributed by atoms with Crippen molar-refractivity contribution in [1.82, 2.24) is 9.55 Å². The van der Waals surface area contributed by atoms with Crippen molar-refractivity contribution in [1.29, 1.82) is 0 Å². The summed E-state index contributed by atoms with van der Waals surface area (Å²) in [7, 11) is 0. The van der Waals surface area contributed by atoms with Gasteiger partial charge in [-0.3, -0.25) is 0 Å². The number of hydrogen-bond acceptors (Lipinski definition) is 4. The van der Waals surface area contributed by atoms with Crippen LogP contribution in [-0.2, 0) is 17.9 Å². The fraction of sp³-hybridized carbons (Fsp3) is 0.154. The molecule has 0 bridgehead atoms. The number of ether oxygens (including phenoxy) is 1. The summed E-state index contributed by atoms with van der Waals surface area (Å²) >= 11 is 12.7. The van der Waals surface area contributed by atoms with Gasteiger partial charge in [0.2, 0.25) is 0 Å². The fourth-order valence-corrected chi connectivity index (χ4v) is 4.57. The van der Waals surface area contributed by atoms with Crippen molar-refractivity contribution in [3.63, 3.8) is 0 Å². The van der Waals surface area contributed by atoms with E-state index in [2.05, 4.69) is 4.98 Å². The largest absolute Gasteiger partial charge is 0.422 e. The highest BCUT2D eigenvalue weighted by molar-refractivity contribution is 6.35. The van der Waals surface area contributed by atoms with E-state index in [1.165, 1.54) is 6.07 Å². The summed E-state index contributed by atoms with van der Waals surface area (Å²) in [6.07, 6.45) is 1.39. The number of halogens is 2. The maximum absolute atomic E-state index is 12.2. The summed E-state index contributed by atoms with van der Waals surface area (Å²) in [6.45, 7) is 2.61. The monoisotopic (exact) mass is 478 g/mol. The summed E-state index contributed by atoms with van der Waals surface area (Å²) in [5, 5.41) is 1.92. The van der Waals surface area contributed by atoms with Crippen LogP contribution in [0.1, 0.15) is 22.8 Å². The molecule has 5 aromatic rings. The van der Waals surface area contributed by atoms with Gasteiger partial charge in [0.1, 0.15) is 11.7 Å². The minimum atomic E-state index is -0.405. The molecule has 5 nitrogen and oxygen atoms in total. The molecule has 2 heterocycles. The third-order valence-corrected chi connectivity index (χ3v) is 6.25. The lowest BCUT2D eigenvalue weighted by Crippen LogP contribution is -2.14. The first-order chi connectivity index (χ1) is 16.0. The Kier molecular flexibility index (Phi) is 5.94. The lowest BCUT2D eigenvalue weighted by atomic mass is 10.1. The number of imidazole rings is 1. The molecule has 7 heteroatoms. The molecule has 0 N–H and O–H groups in total. The molecule has 33 heavy (non-hydrogen) atoms. The van der Waals surface area contributed by atoms with Crippen LogP contribution in [0.4, 0.5) is 0 Å². The van der Waals surface area contributed by atoms with E-state index < -0.39 is 11.7 Å². The number of fused-ring (bicyclic) bond motifs is 2. The quantitative estimate of drug-likeness (QED) is 0.254. The molecule has 0 aliphatic carbocycles. The molecule has 0 saturated heterocycles. The normalized spacial score (nSPS) is 12.5. The summed E-state index contributed by atoms with van der Waals surface area (Å²) in [5.41, 5.74) is 4.53. The highest BCUT2D eigenvalue weighted by Gasteiger charge is 2.19. The minimum Gasteiger partial charge on any atom is -0.422 e. The molecule has 0 fully saturated rings. The molecule has 0 aliphatic heterocycles. The van der Waals surface area contributed by atoms with Crippen LogP contribution in [0.2, 0.25) is 10.0 Å². The summed E-state index contributed by atoms with van der Waals surface area (Å²) in [5.74, 6) is 0.